The lowest BCUT2D eigenvalue weighted by atomic mass is 10.1. The lowest BCUT2D eigenvalue weighted by Crippen LogP contribution is -2.26. The van der Waals surface area contributed by atoms with Crippen LogP contribution in [0.25, 0.3) is 0 Å². The largest absolute Gasteiger partial charge is 0.416 e. The van der Waals surface area contributed by atoms with Crippen LogP contribution >= 0.6 is 11.8 Å². The van der Waals surface area contributed by atoms with E-state index < -0.39 is 11.7 Å². The number of halogens is 3. The fourth-order valence-electron chi connectivity index (χ4n) is 2.36. The van der Waals surface area contributed by atoms with Crippen molar-refractivity contribution in [2.75, 3.05) is 12.3 Å². The highest BCUT2D eigenvalue weighted by Gasteiger charge is 2.30. The highest BCUT2D eigenvalue weighted by atomic mass is 32.2. The Morgan fingerprint density at radius 2 is 2.04 bits per heavy atom. The fraction of sp³-hybridized carbons (Fsp3) is 0.471. The molecule has 124 valence electrons. The Kier molecular flexibility index (Phi) is 6.40. The zero-order valence-corrected chi connectivity index (χ0v) is 13.4. The van der Waals surface area contributed by atoms with Crippen molar-refractivity contribution in [1.29, 1.82) is 0 Å². The number of nitrogens with one attached hydrogen (secondary N) is 1. The van der Waals surface area contributed by atoms with Crippen LogP contribution in [0.5, 0.6) is 0 Å². The van der Waals surface area contributed by atoms with Crippen LogP contribution in [0.3, 0.4) is 0 Å². The van der Waals surface area contributed by atoms with Gasteiger partial charge < -0.3 is 5.32 Å². The summed E-state index contributed by atoms with van der Waals surface area (Å²) >= 11 is 1.67. The normalized spacial score (nSPS) is 15.1. The molecular weight excluding hydrogens is 323 g/mol. The molecule has 1 aromatic carbocycles. The number of benzene rings is 1. The molecule has 23 heavy (non-hydrogen) atoms. The van der Waals surface area contributed by atoms with E-state index in [1.165, 1.54) is 37.8 Å². The maximum atomic E-state index is 12.6. The molecule has 0 heterocycles. The van der Waals surface area contributed by atoms with Crippen LogP contribution in [0, 0.1) is 11.8 Å². The van der Waals surface area contributed by atoms with Gasteiger partial charge in [0.1, 0.15) is 0 Å². The molecule has 0 saturated heterocycles. The summed E-state index contributed by atoms with van der Waals surface area (Å²) in [5.74, 6) is 5.65. The minimum Gasteiger partial charge on any atom is -0.344 e. The molecule has 1 fully saturated rings. The molecule has 0 unspecified atom stereocenters. The fourth-order valence-corrected chi connectivity index (χ4v) is 3.52. The molecule has 0 atom stereocenters. The Labute approximate surface area is 138 Å². The summed E-state index contributed by atoms with van der Waals surface area (Å²) < 4.78 is 37.7. The van der Waals surface area contributed by atoms with Gasteiger partial charge in [0.25, 0.3) is 0 Å². The van der Waals surface area contributed by atoms with Crippen molar-refractivity contribution in [3.05, 3.63) is 35.4 Å². The molecule has 1 saturated carbocycles. The lowest BCUT2D eigenvalue weighted by Gasteiger charge is -2.07. The smallest absolute Gasteiger partial charge is 0.344 e. The van der Waals surface area contributed by atoms with E-state index in [0.29, 0.717) is 11.0 Å². The average molecular weight is 341 g/mol. The van der Waals surface area contributed by atoms with Gasteiger partial charge in [-0.25, -0.2) is 0 Å². The van der Waals surface area contributed by atoms with Crippen LogP contribution in [0.2, 0.25) is 0 Å². The number of carbonyl (C=O) groups is 1. The molecule has 1 aliphatic rings. The summed E-state index contributed by atoms with van der Waals surface area (Å²) in [7, 11) is 0. The van der Waals surface area contributed by atoms with Gasteiger partial charge in [0.05, 0.1) is 17.9 Å². The van der Waals surface area contributed by atoms with Crippen LogP contribution < -0.4 is 5.32 Å². The molecule has 0 aliphatic heterocycles. The molecule has 0 radical (unpaired) electrons. The van der Waals surface area contributed by atoms with Crippen LogP contribution in [0.1, 0.15) is 36.8 Å². The van der Waals surface area contributed by atoms with E-state index in [2.05, 4.69) is 17.2 Å². The maximum absolute atomic E-state index is 12.6. The van der Waals surface area contributed by atoms with E-state index in [0.717, 1.165) is 12.1 Å². The van der Waals surface area contributed by atoms with Crippen molar-refractivity contribution in [1.82, 2.24) is 5.32 Å². The standard InChI is InChI=1S/C17H18F3NOS/c18-17(19,20)14-7-3-5-13(11-14)6-4-10-21-16(22)12-23-15-8-1-2-9-15/h3,5,7,11,15H,1-2,8-10,12H2,(H,21,22). The predicted molar refractivity (Wildman–Crippen MR) is 86.0 cm³/mol. The molecule has 2 nitrogen and oxygen atoms in total. The minimum absolute atomic E-state index is 0.0831. The number of hydrogen-bond donors (Lipinski definition) is 1. The summed E-state index contributed by atoms with van der Waals surface area (Å²) in [5, 5.41) is 3.25. The Morgan fingerprint density at radius 3 is 2.74 bits per heavy atom. The first kappa shape index (κ1) is 17.7. The third kappa shape index (κ3) is 6.19. The molecule has 0 spiro atoms. The first-order valence-corrected chi connectivity index (χ1v) is 8.54. The van der Waals surface area contributed by atoms with Gasteiger partial charge in [0, 0.05) is 10.8 Å². The lowest BCUT2D eigenvalue weighted by molar-refractivity contribution is -0.137. The van der Waals surface area contributed by atoms with E-state index in [4.69, 9.17) is 0 Å². The summed E-state index contributed by atoms with van der Waals surface area (Å²) in [5.41, 5.74) is -0.435. The molecule has 1 aromatic rings. The highest BCUT2D eigenvalue weighted by Crippen LogP contribution is 2.29. The number of rotatable bonds is 4. The molecule has 1 amide bonds. The Morgan fingerprint density at radius 1 is 1.30 bits per heavy atom. The Hall–Kier alpha value is -1.61. The van der Waals surface area contributed by atoms with E-state index in [1.54, 1.807) is 11.8 Å². The van der Waals surface area contributed by atoms with Crippen molar-refractivity contribution >= 4 is 17.7 Å². The summed E-state index contributed by atoms with van der Waals surface area (Å²) in [6.07, 6.45) is 0.452. The molecule has 0 aromatic heterocycles. The van der Waals surface area contributed by atoms with Gasteiger partial charge in [-0.1, -0.05) is 30.7 Å². The second kappa shape index (κ2) is 8.30. The van der Waals surface area contributed by atoms with E-state index in [9.17, 15) is 18.0 Å². The van der Waals surface area contributed by atoms with Gasteiger partial charge in [-0.3, -0.25) is 4.79 Å². The third-order valence-corrected chi connectivity index (χ3v) is 4.92. The summed E-state index contributed by atoms with van der Waals surface area (Å²) in [4.78, 5) is 11.6. The van der Waals surface area contributed by atoms with Crippen LogP contribution in [0.15, 0.2) is 24.3 Å². The number of amides is 1. The number of alkyl halides is 3. The zero-order chi connectivity index (χ0) is 16.7. The second-order valence-corrected chi connectivity index (χ2v) is 6.66. The minimum atomic E-state index is -4.37. The van der Waals surface area contributed by atoms with Gasteiger partial charge in [0.2, 0.25) is 5.91 Å². The van der Waals surface area contributed by atoms with Gasteiger partial charge in [0.15, 0.2) is 0 Å². The molecular formula is C17H18F3NOS. The van der Waals surface area contributed by atoms with Gasteiger partial charge >= 0.3 is 6.18 Å². The van der Waals surface area contributed by atoms with E-state index in [1.807, 2.05) is 0 Å². The molecule has 0 bridgehead atoms. The van der Waals surface area contributed by atoms with Crippen molar-refractivity contribution in [2.45, 2.75) is 37.1 Å². The van der Waals surface area contributed by atoms with Crippen molar-refractivity contribution in [3.63, 3.8) is 0 Å². The van der Waals surface area contributed by atoms with E-state index >= 15 is 0 Å². The molecule has 2 rings (SSSR count). The molecule has 1 N–H and O–H groups in total. The van der Waals surface area contributed by atoms with E-state index in [-0.39, 0.29) is 18.0 Å². The number of hydrogen-bond acceptors (Lipinski definition) is 2. The quantitative estimate of drug-likeness (QED) is 0.843. The van der Waals surface area contributed by atoms with Crippen LogP contribution in [-0.4, -0.2) is 23.5 Å². The zero-order valence-electron chi connectivity index (χ0n) is 12.6. The highest BCUT2D eigenvalue weighted by molar-refractivity contribution is 8.00. The molecule has 1 aliphatic carbocycles. The summed E-state index contributed by atoms with van der Waals surface area (Å²) in [6, 6.07) is 4.85. The summed E-state index contributed by atoms with van der Waals surface area (Å²) in [6.45, 7) is 0.139. The monoisotopic (exact) mass is 341 g/mol. The SMILES string of the molecule is O=C(CSC1CCCC1)NCC#Cc1cccc(C(F)(F)F)c1. The van der Waals surface area contributed by atoms with Crippen molar-refractivity contribution < 1.29 is 18.0 Å². The van der Waals surface area contributed by atoms with Crippen molar-refractivity contribution in [2.24, 2.45) is 0 Å². The van der Waals surface area contributed by atoms with Gasteiger partial charge in [-0.05, 0) is 31.0 Å². The predicted octanol–water partition coefficient (Wildman–Crippen LogP) is 3.85. The second-order valence-electron chi connectivity index (χ2n) is 5.37. The Balaban J connectivity index is 1.75. The van der Waals surface area contributed by atoms with Gasteiger partial charge in [-0.15, -0.1) is 11.8 Å². The number of carbonyl (C=O) groups excluding carboxylic acids is 1. The first-order chi connectivity index (χ1) is 10.9. The van der Waals surface area contributed by atoms with Crippen LogP contribution in [0.4, 0.5) is 13.2 Å². The first-order valence-electron chi connectivity index (χ1n) is 7.49. The molecule has 6 heteroatoms. The van der Waals surface area contributed by atoms with Gasteiger partial charge in [-0.2, -0.15) is 13.2 Å². The third-order valence-electron chi connectivity index (χ3n) is 3.55. The number of thioether (sulfide) groups is 1. The topological polar surface area (TPSA) is 29.1 Å². The van der Waals surface area contributed by atoms with Crippen molar-refractivity contribution in [3.8, 4) is 11.8 Å². The van der Waals surface area contributed by atoms with Crippen LogP contribution in [-0.2, 0) is 11.0 Å². The maximum Gasteiger partial charge on any atom is 0.416 e. The average Bonchev–Trinajstić information content (AvgIpc) is 3.02. The Bertz CT molecular complexity index is 598.